The third kappa shape index (κ3) is 4.44. The van der Waals surface area contributed by atoms with Gasteiger partial charge in [0.15, 0.2) is 0 Å². The number of amides is 1. The van der Waals surface area contributed by atoms with Crippen molar-refractivity contribution >= 4 is 11.6 Å². The van der Waals surface area contributed by atoms with E-state index < -0.39 is 0 Å². The van der Waals surface area contributed by atoms with Gasteiger partial charge in [-0.1, -0.05) is 12.1 Å². The third-order valence-corrected chi connectivity index (χ3v) is 2.51. The predicted molar refractivity (Wildman–Crippen MR) is 68.5 cm³/mol. The van der Waals surface area contributed by atoms with Crippen molar-refractivity contribution in [3.8, 4) is 0 Å². The lowest BCUT2D eigenvalue weighted by Crippen LogP contribution is -2.28. The molecule has 0 aliphatic heterocycles. The number of rotatable bonds is 5. The Hall–Kier alpha value is -1.55. The molecule has 0 saturated heterocycles. The van der Waals surface area contributed by atoms with E-state index in [1.807, 2.05) is 39.0 Å². The predicted octanol–water partition coefficient (Wildman–Crippen LogP) is 1.62. The minimum absolute atomic E-state index is 0.0647. The Balaban J connectivity index is 2.45. The second kappa shape index (κ2) is 6.25. The maximum absolute atomic E-state index is 11.4. The molecule has 0 aromatic heterocycles. The first-order chi connectivity index (χ1) is 8.00. The Morgan fingerprint density at radius 2 is 2.18 bits per heavy atom. The van der Waals surface area contributed by atoms with Gasteiger partial charge < -0.3 is 15.8 Å². The summed E-state index contributed by atoms with van der Waals surface area (Å²) in [5.41, 5.74) is 8.58. The van der Waals surface area contributed by atoms with E-state index in [9.17, 15) is 4.79 Å². The number of nitrogen functional groups attached to an aromatic ring is 1. The molecule has 17 heavy (non-hydrogen) atoms. The van der Waals surface area contributed by atoms with Gasteiger partial charge in [-0.15, -0.1) is 0 Å². The van der Waals surface area contributed by atoms with Crippen LogP contribution in [0.25, 0.3) is 0 Å². The number of ether oxygens (including phenoxy) is 1. The van der Waals surface area contributed by atoms with E-state index in [1.54, 1.807) is 0 Å². The van der Waals surface area contributed by atoms with Crippen molar-refractivity contribution in [2.45, 2.75) is 33.4 Å². The molecule has 0 fully saturated rings. The molecular formula is C13H20N2O2. The lowest BCUT2D eigenvalue weighted by atomic mass is 10.1. The van der Waals surface area contributed by atoms with Crippen molar-refractivity contribution < 1.29 is 9.53 Å². The molecule has 1 rings (SSSR count). The molecule has 3 N–H and O–H groups in total. The van der Waals surface area contributed by atoms with Crippen LogP contribution >= 0.6 is 0 Å². The summed E-state index contributed by atoms with van der Waals surface area (Å²) in [6, 6.07) is 5.69. The van der Waals surface area contributed by atoms with Gasteiger partial charge in [-0.2, -0.15) is 0 Å². The molecule has 0 unspecified atom stereocenters. The van der Waals surface area contributed by atoms with E-state index >= 15 is 0 Å². The van der Waals surface area contributed by atoms with Crippen LogP contribution in [0.5, 0.6) is 0 Å². The van der Waals surface area contributed by atoms with Crippen LogP contribution in [0.4, 0.5) is 5.69 Å². The fraction of sp³-hybridized carbons (Fsp3) is 0.462. The van der Waals surface area contributed by atoms with E-state index in [1.165, 1.54) is 0 Å². The van der Waals surface area contributed by atoms with Gasteiger partial charge in [-0.3, -0.25) is 4.79 Å². The summed E-state index contributed by atoms with van der Waals surface area (Å²) in [5.74, 6) is -0.111. The quantitative estimate of drug-likeness (QED) is 0.763. The standard InChI is InChI=1S/C13H20N2O2/c1-9(2)17-8-13(16)15-7-11-5-4-6-12(14)10(11)3/h4-6,9H,7-8,14H2,1-3H3,(H,15,16). The van der Waals surface area contributed by atoms with E-state index in [0.717, 1.165) is 16.8 Å². The molecule has 1 amide bonds. The molecule has 4 heteroatoms. The zero-order chi connectivity index (χ0) is 12.8. The zero-order valence-electron chi connectivity index (χ0n) is 10.6. The average Bonchev–Trinajstić information content (AvgIpc) is 2.28. The Morgan fingerprint density at radius 1 is 1.47 bits per heavy atom. The molecule has 0 radical (unpaired) electrons. The van der Waals surface area contributed by atoms with E-state index in [4.69, 9.17) is 10.5 Å². The van der Waals surface area contributed by atoms with Crippen molar-refractivity contribution in [1.29, 1.82) is 0 Å². The lowest BCUT2D eigenvalue weighted by Gasteiger charge is -2.11. The SMILES string of the molecule is Cc1c(N)cccc1CNC(=O)COC(C)C. The molecule has 0 saturated carbocycles. The van der Waals surface area contributed by atoms with Crippen LogP contribution in [0, 0.1) is 6.92 Å². The van der Waals surface area contributed by atoms with E-state index in [2.05, 4.69) is 5.32 Å². The number of carbonyl (C=O) groups excluding carboxylic acids is 1. The molecule has 4 nitrogen and oxygen atoms in total. The molecular weight excluding hydrogens is 216 g/mol. The Bertz CT molecular complexity index is 389. The van der Waals surface area contributed by atoms with E-state index in [-0.39, 0.29) is 18.6 Å². The average molecular weight is 236 g/mol. The molecule has 0 bridgehead atoms. The van der Waals surface area contributed by atoms with Gasteiger partial charge in [-0.25, -0.2) is 0 Å². The van der Waals surface area contributed by atoms with Gasteiger partial charge in [0.1, 0.15) is 6.61 Å². The number of hydrogen-bond acceptors (Lipinski definition) is 3. The van der Waals surface area contributed by atoms with Gasteiger partial charge >= 0.3 is 0 Å². The molecule has 0 aliphatic carbocycles. The second-order valence-electron chi connectivity index (χ2n) is 4.27. The highest BCUT2D eigenvalue weighted by Crippen LogP contribution is 2.14. The van der Waals surface area contributed by atoms with Crippen LogP contribution in [0.15, 0.2) is 18.2 Å². The first-order valence-corrected chi connectivity index (χ1v) is 5.73. The zero-order valence-corrected chi connectivity index (χ0v) is 10.6. The van der Waals surface area contributed by atoms with Gasteiger partial charge in [-0.05, 0) is 38.0 Å². The third-order valence-electron chi connectivity index (χ3n) is 2.51. The van der Waals surface area contributed by atoms with Gasteiger partial charge in [0.25, 0.3) is 0 Å². The van der Waals surface area contributed by atoms with Crippen molar-refractivity contribution in [1.82, 2.24) is 5.32 Å². The molecule has 94 valence electrons. The van der Waals surface area contributed by atoms with Crippen LogP contribution in [-0.4, -0.2) is 18.6 Å². The molecule has 1 aromatic carbocycles. The normalized spacial score (nSPS) is 10.6. The smallest absolute Gasteiger partial charge is 0.246 e. The van der Waals surface area contributed by atoms with Crippen molar-refractivity contribution in [2.75, 3.05) is 12.3 Å². The topological polar surface area (TPSA) is 64.3 Å². The van der Waals surface area contributed by atoms with Crippen molar-refractivity contribution in [2.24, 2.45) is 0 Å². The summed E-state index contributed by atoms with van der Waals surface area (Å²) in [7, 11) is 0. The van der Waals surface area contributed by atoms with E-state index in [0.29, 0.717) is 6.54 Å². The van der Waals surface area contributed by atoms with Gasteiger partial charge in [0.2, 0.25) is 5.91 Å². The fourth-order valence-corrected chi connectivity index (χ4v) is 1.38. The van der Waals surface area contributed by atoms with Crippen LogP contribution in [0.2, 0.25) is 0 Å². The maximum atomic E-state index is 11.4. The Labute approximate surface area is 102 Å². The number of anilines is 1. The highest BCUT2D eigenvalue weighted by molar-refractivity contribution is 5.77. The molecule has 1 aromatic rings. The number of nitrogens with one attached hydrogen (secondary N) is 1. The first-order valence-electron chi connectivity index (χ1n) is 5.73. The number of hydrogen-bond donors (Lipinski definition) is 2. The highest BCUT2D eigenvalue weighted by atomic mass is 16.5. The van der Waals surface area contributed by atoms with Gasteiger partial charge in [0, 0.05) is 12.2 Å². The summed E-state index contributed by atoms with van der Waals surface area (Å²) in [5, 5.41) is 2.80. The van der Waals surface area contributed by atoms with Crippen LogP contribution in [0.3, 0.4) is 0 Å². The highest BCUT2D eigenvalue weighted by Gasteiger charge is 2.05. The molecule has 0 spiro atoms. The Morgan fingerprint density at radius 3 is 2.82 bits per heavy atom. The lowest BCUT2D eigenvalue weighted by molar-refractivity contribution is -0.127. The summed E-state index contributed by atoms with van der Waals surface area (Å²) in [6.07, 6.45) is 0.0647. The maximum Gasteiger partial charge on any atom is 0.246 e. The number of benzene rings is 1. The second-order valence-corrected chi connectivity index (χ2v) is 4.27. The fourth-order valence-electron chi connectivity index (χ4n) is 1.38. The molecule has 0 atom stereocenters. The summed E-state index contributed by atoms with van der Waals surface area (Å²) >= 11 is 0. The summed E-state index contributed by atoms with van der Waals surface area (Å²) in [6.45, 7) is 6.32. The van der Waals surface area contributed by atoms with Crippen molar-refractivity contribution in [3.05, 3.63) is 29.3 Å². The van der Waals surface area contributed by atoms with Crippen LogP contribution in [-0.2, 0) is 16.1 Å². The molecule has 0 aliphatic rings. The minimum atomic E-state index is -0.111. The summed E-state index contributed by atoms with van der Waals surface area (Å²) in [4.78, 5) is 11.4. The first kappa shape index (κ1) is 13.5. The van der Waals surface area contributed by atoms with Crippen LogP contribution < -0.4 is 11.1 Å². The Kier molecular flexibility index (Phi) is 4.97. The van der Waals surface area contributed by atoms with Crippen LogP contribution in [0.1, 0.15) is 25.0 Å². The minimum Gasteiger partial charge on any atom is -0.399 e. The monoisotopic (exact) mass is 236 g/mol. The van der Waals surface area contributed by atoms with Crippen molar-refractivity contribution in [3.63, 3.8) is 0 Å². The number of carbonyl (C=O) groups is 1. The number of nitrogens with two attached hydrogens (primary N) is 1. The van der Waals surface area contributed by atoms with Gasteiger partial charge in [0.05, 0.1) is 6.10 Å². The summed E-state index contributed by atoms with van der Waals surface area (Å²) < 4.78 is 5.21. The molecule has 0 heterocycles. The largest absolute Gasteiger partial charge is 0.399 e.